The highest BCUT2D eigenvalue weighted by Gasteiger charge is 2.18. The molecule has 0 spiro atoms. The molecule has 1 N–H and O–H groups in total. The van der Waals surface area contributed by atoms with E-state index in [4.69, 9.17) is 17.0 Å². The van der Waals surface area contributed by atoms with Gasteiger partial charge >= 0.3 is 5.97 Å². The molecule has 2 aromatic rings. The lowest BCUT2D eigenvalue weighted by Gasteiger charge is -2.20. The fourth-order valence-corrected chi connectivity index (χ4v) is 3.39. The van der Waals surface area contributed by atoms with Crippen molar-refractivity contribution >= 4 is 39.6 Å². The number of nitrogens with zero attached hydrogens (tertiary/aromatic N) is 3. The predicted octanol–water partition coefficient (Wildman–Crippen LogP) is 3.20. The van der Waals surface area contributed by atoms with Crippen LogP contribution < -0.4 is 5.32 Å². The zero-order valence-electron chi connectivity index (χ0n) is 14.5. The van der Waals surface area contributed by atoms with E-state index in [2.05, 4.69) is 17.3 Å². The summed E-state index contributed by atoms with van der Waals surface area (Å²) in [5.41, 5.74) is 2.62. The Morgan fingerprint density at radius 2 is 2.21 bits per heavy atom. The first kappa shape index (κ1) is 18.4. The highest BCUT2D eigenvalue weighted by atomic mass is 32.1. The highest BCUT2D eigenvalue weighted by Crippen LogP contribution is 2.28. The van der Waals surface area contributed by atoms with E-state index in [1.165, 1.54) is 18.4 Å². The molecule has 0 bridgehead atoms. The minimum atomic E-state index is -0.368. The number of methoxy groups -OCH3 is 1. The van der Waals surface area contributed by atoms with Crippen molar-refractivity contribution in [1.82, 2.24) is 14.7 Å². The van der Waals surface area contributed by atoms with E-state index in [1.54, 1.807) is 6.07 Å². The summed E-state index contributed by atoms with van der Waals surface area (Å²) in [7, 11) is 3.29. The van der Waals surface area contributed by atoms with Gasteiger partial charge in [-0.05, 0) is 39.1 Å². The Hall–Kier alpha value is -1.93. The van der Waals surface area contributed by atoms with Crippen LogP contribution in [0.3, 0.4) is 0 Å². The van der Waals surface area contributed by atoms with Gasteiger partial charge in [-0.2, -0.15) is 5.10 Å². The molecule has 0 saturated carbocycles. The third-order valence-corrected chi connectivity index (χ3v) is 4.99. The molecule has 24 heavy (non-hydrogen) atoms. The quantitative estimate of drug-likeness (QED) is 0.648. The van der Waals surface area contributed by atoms with Crippen molar-refractivity contribution in [2.75, 3.05) is 19.5 Å². The van der Waals surface area contributed by atoms with Crippen LogP contribution in [0.5, 0.6) is 0 Å². The van der Waals surface area contributed by atoms with Crippen molar-refractivity contribution in [2.45, 2.75) is 33.9 Å². The van der Waals surface area contributed by atoms with Crippen LogP contribution in [0.15, 0.2) is 12.3 Å². The smallest absolute Gasteiger partial charge is 0.340 e. The second-order valence-electron chi connectivity index (χ2n) is 5.47. The zero-order chi connectivity index (χ0) is 17.9. The van der Waals surface area contributed by atoms with E-state index >= 15 is 0 Å². The number of hydrogen-bond donors (Lipinski definition) is 1. The van der Waals surface area contributed by atoms with E-state index in [1.807, 2.05) is 36.7 Å². The van der Waals surface area contributed by atoms with E-state index < -0.39 is 0 Å². The summed E-state index contributed by atoms with van der Waals surface area (Å²) in [6.45, 7) is 7.47. The molecule has 0 aliphatic heterocycles. The lowest BCUT2D eigenvalue weighted by Crippen LogP contribution is -2.30. The van der Waals surface area contributed by atoms with Crippen LogP contribution in [0.1, 0.15) is 33.4 Å². The van der Waals surface area contributed by atoms with E-state index in [9.17, 15) is 4.79 Å². The molecular weight excluding hydrogens is 344 g/mol. The summed E-state index contributed by atoms with van der Waals surface area (Å²) >= 11 is 6.95. The second kappa shape index (κ2) is 7.76. The van der Waals surface area contributed by atoms with Gasteiger partial charge in [0.1, 0.15) is 5.00 Å². The molecule has 0 fully saturated rings. The molecule has 2 rings (SSSR count). The van der Waals surface area contributed by atoms with Crippen LogP contribution >= 0.6 is 23.6 Å². The van der Waals surface area contributed by atoms with Gasteiger partial charge in [0.15, 0.2) is 5.11 Å². The van der Waals surface area contributed by atoms with Crippen molar-refractivity contribution in [3.8, 4) is 0 Å². The van der Waals surface area contributed by atoms with E-state index in [0.29, 0.717) is 22.2 Å². The number of aryl methyl sites for hydroxylation is 3. The molecule has 6 nitrogen and oxygen atoms in total. The van der Waals surface area contributed by atoms with Gasteiger partial charge in [-0.25, -0.2) is 4.79 Å². The van der Waals surface area contributed by atoms with Crippen LogP contribution in [0.4, 0.5) is 5.00 Å². The summed E-state index contributed by atoms with van der Waals surface area (Å²) in [5, 5.41) is 8.85. The van der Waals surface area contributed by atoms with Gasteiger partial charge in [-0.1, -0.05) is 0 Å². The summed E-state index contributed by atoms with van der Waals surface area (Å²) in [4.78, 5) is 14.8. The number of hydrogen-bond acceptors (Lipinski definition) is 5. The van der Waals surface area contributed by atoms with Crippen molar-refractivity contribution in [3.05, 3.63) is 34.0 Å². The first-order valence-corrected chi connectivity index (χ1v) is 8.82. The van der Waals surface area contributed by atoms with Crippen molar-refractivity contribution in [2.24, 2.45) is 0 Å². The molecule has 2 aromatic heterocycles. The van der Waals surface area contributed by atoms with Gasteiger partial charge in [-0.15, -0.1) is 11.3 Å². The lowest BCUT2D eigenvalue weighted by molar-refractivity contribution is 0.0602. The average Bonchev–Trinajstić information content (AvgIpc) is 3.09. The topological polar surface area (TPSA) is 59.4 Å². The minimum absolute atomic E-state index is 0.368. The maximum atomic E-state index is 11.8. The highest BCUT2D eigenvalue weighted by molar-refractivity contribution is 7.80. The molecule has 0 atom stereocenters. The molecule has 0 amide bonds. The number of carbonyl (C=O) groups is 1. The van der Waals surface area contributed by atoms with E-state index in [0.717, 1.165) is 22.7 Å². The number of rotatable bonds is 5. The number of nitrogens with one attached hydrogen (secondary N) is 1. The summed E-state index contributed by atoms with van der Waals surface area (Å²) in [5.74, 6) is -0.368. The number of thiophene rings is 1. The molecule has 0 aliphatic rings. The normalized spacial score (nSPS) is 10.5. The first-order chi connectivity index (χ1) is 11.3. The second-order valence-corrected chi connectivity index (χ2v) is 7.12. The maximum Gasteiger partial charge on any atom is 0.340 e. The fourth-order valence-electron chi connectivity index (χ4n) is 2.26. The summed E-state index contributed by atoms with van der Waals surface area (Å²) < 4.78 is 6.73. The Morgan fingerprint density at radius 1 is 1.50 bits per heavy atom. The number of aromatic nitrogens is 2. The number of carbonyl (C=O) groups excluding carboxylic acids is 1. The van der Waals surface area contributed by atoms with Crippen LogP contribution in [-0.2, 0) is 17.8 Å². The number of thiocarbonyl (C=S) groups is 1. The van der Waals surface area contributed by atoms with Crippen molar-refractivity contribution in [3.63, 3.8) is 0 Å². The number of ether oxygens (including phenoxy) is 1. The van der Waals surface area contributed by atoms with Crippen molar-refractivity contribution < 1.29 is 9.53 Å². The Labute approximate surface area is 151 Å². The van der Waals surface area contributed by atoms with Gasteiger partial charge in [0, 0.05) is 36.8 Å². The number of esters is 1. The fraction of sp³-hybridized carbons (Fsp3) is 0.438. The average molecular weight is 367 g/mol. The van der Waals surface area contributed by atoms with E-state index in [-0.39, 0.29) is 5.97 Å². The maximum absolute atomic E-state index is 11.8. The molecular formula is C16H22N4O2S2. The summed E-state index contributed by atoms with van der Waals surface area (Å²) in [6.07, 6.45) is 2.03. The third kappa shape index (κ3) is 4.12. The van der Waals surface area contributed by atoms with Crippen molar-refractivity contribution in [1.29, 1.82) is 0 Å². The predicted molar refractivity (Wildman–Crippen MR) is 101 cm³/mol. The Morgan fingerprint density at radius 3 is 2.79 bits per heavy atom. The van der Waals surface area contributed by atoms with Gasteiger partial charge in [0.25, 0.3) is 0 Å². The van der Waals surface area contributed by atoms with Crippen LogP contribution in [0.2, 0.25) is 0 Å². The third-order valence-electron chi connectivity index (χ3n) is 3.61. The standard InChI is InChI=1S/C16H22N4O2S2/c1-6-20-9-12(11(3)18-20)8-19(4)16(23)17-14-13(15(21)22-5)7-10(2)24-14/h7,9H,6,8H2,1-5H3,(H,17,23). The first-order valence-electron chi connectivity index (χ1n) is 7.59. The van der Waals surface area contributed by atoms with Gasteiger partial charge < -0.3 is 15.0 Å². The molecule has 0 saturated heterocycles. The largest absolute Gasteiger partial charge is 0.465 e. The van der Waals surface area contributed by atoms with Gasteiger partial charge in [0.05, 0.1) is 18.4 Å². The molecule has 8 heteroatoms. The van der Waals surface area contributed by atoms with Gasteiger partial charge in [0.2, 0.25) is 0 Å². The lowest BCUT2D eigenvalue weighted by atomic mass is 10.2. The van der Waals surface area contributed by atoms with Gasteiger partial charge in [-0.3, -0.25) is 4.68 Å². The monoisotopic (exact) mass is 366 g/mol. The Balaban J connectivity index is 2.09. The van der Waals surface area contributed by atoms with Crippen LogP contribution in [0, 0.1) is 13.8 Å². The minimum Gasteiger partial charge on any atom is -0.465 e. The van der Waals surface area contributed by atoms with Crippen LogP contribution in [0.25, 0.3) is 0 Å². The molecule has 0 unspecified atom stereocenters. The molecule has 2 heterocycles. The Bertz CT molecular complexity index is 751. The molecule has 0 aromatic carbocycles. The molecule has 130 valence electrons. The Kier molecular flexibility index (Phi) is 5.95. The molecule has 0 aliphatic carbocycles. The zero-order valence-corrected chi connectivity index (χ0v) is 16.2. The SMILES string of the molecule is CCn1cc(CN(C)C(=S)Nc2sc(C)cc2C(=O)OC)c(C)n1. The van der Waals surface area contributed by atoms with Crippen LogP contribution in [-0.4, -0.2) is 39.9 Å². The number of anilines is 1. The molecule has 0 radical (unpaired) electrons. The summed E-state index contributed by atoms with van der Waals surface area (Å²) in [6, 6.07) is 1.80.